The predicted molar refractivity (Wildman–Crippen MR) is 55.9 cm³/mol. The van der Waals surface area contributed by atoms with Crippen LogP contribution in [0.1, 0.15) is 5.56 Å². The minimum Gasteiger partial charge on any atom is -0.481 e. The zero-order valence-electron chi connectivity index (χ0n) is 8.20. The molecule has 16 heavy (non-hydrogen) atoms. The van der Waals surface area contributed by atoms with Crippen LogP contribution in [0, 0.1) is 5.82 Å². The number of carboxylic acids is 1. The van der Waals surface area contributed by atoms with E-state index in [-0.39, 0.29) is 10.6 Å². The summed E-state index contributed by atoms with van der Waals surface area (Å²) >= 11 is 5.59. The predicted octanol–water partition coefficient (Wildman–Crippen LogP) is 1.51. The Morgan fingerprint density at radius 3 is 2.44 bits per heavy atom. The molecular formula is C9H8ClFO4S. The summed E-state index contributed by atoms with van der Waals surface area (Å²) in [6.45, 7) is 0. The molecule has 0 aliphatic rings. The van der Waals surface area contributed by atoms with E-state index >= 15 is 0 Å². The van der Waals surface area contributed by atoms with Crippen LogP contribution in [0.5, 0.6) is 0 Å². The highest BCUT2D eigenvalue weighted by Crippen LogP contribution is 2.26. The molecule has 0 bridgehead atoms. The molecule has 0 heterocycles. The molecule has 0 amide bonds. The Balaban J connectivity index is 3.34. The number of hydrogen-bond acceptors (Lipinski definition) is 3. The van der Waals surface area contributed by atoms with Crippen LogP contribution in [0.2, 0.25) is 5.02 Å². The van der Waals surface area contributed by atoms with Crippen molar-refractivity contribution >= 4 is 27.4 Å². The summed E-state index contributed by atoms with van der Waals surface area (Å²) in [5.41, 5.74) is 0.113. The Kier molecular flexibility index (Phi) is 3.54. The summed E-state index contributed by atoms with van der Waals surface area (Å²) in [6.07, 6.45) is 0.412. The van der Waals surface area contributed by atoms with Crippen molar-refractivity contribution in [1.82, 2.24) is 0 Å². The highest BCUT2D eigenvalue weighted by molar-refractivity contribution is 7.90. The Labute approximate surface area is 96.6 Å². The molecule has 1 rings (SSSR count). The lowest BCUT2D eigenvalue weighted by Crippen LogP contribution is -2.05. The van der Waals surface area contributed by atoms with Gasteiger partial charge < -0.3 is 5.11 Å². The molecule has 0 atom stereocenters. The summed E-state index contributed by atoms with van der Waals surface area (Å²) in [6, 6.07) is 1.99. The van der Waals surface area contributed by atoms with Crippen LogP contribution >= 0.6 is 11.6 Å². The summed E-state index contributed by atoms with van der Waals surface area (Å²) in [5.74, 6) is -2.19. The zero-order chi connectivity index (χ0) is 12.5. The monoisotopic (exact) mass is 266 g/mol. The lowest BCUT2D eigenvalue weighted by atomic mass is 10.1. The Hall–Kier alpha value is -1.14. The summed E-state index contributed by atoms with van der Waals surface area (Å²) in [4.78, 5) is 9.78. The number of aliphatic carboxylic acids is 1. The molecule has 1 aromatic carbocycles. The number of hydrogen-bond donors (Lipinski definition) is 1. The number of halogens is 2. The highest BCUT2D eigenvalue weighted by Gasteiger charge is 2.19. The summed E-state index contributed by atoms with van der Waals surface area (Å²) < 4.78 is 35.7. The maximum atomic E-state index is 13.4. The van der Waals surface area contributed by atoms with Crippen molar-refractivity contribution in [3.63, 3.8) is 0 Å². The number of carboxylic acid groups (broad SMARTS) is 1. The van der Waals surface area contributed by atoms with Gasteiger partial charge in [-0.2, -0.15) is 0 Å². The van der Waals surface area contributed by atoms with Crippen LogP contribution in [-0.4, -0.2) is 25.7 Å². The van der Waals surface area contributed by atoms with Gasteiger partial charge in [-0.15, -0.1) is 0 Å². The molecule has 0 unspecified atom stereocenters. The fraction of sp³-hybridized carbons (Fsp3) is 0.222. The van der Waals surface area contributed by atoms with Gasteiger partial charge in [0.2, 0.25) is 0 Å². The molecule has 0 saturated heterocycles. The maximum Gasteiger partial charge on any atom is 0.307 e. The quantitative estimate of drug-likeness (QED) is 0.900. The third-order valence-corrected chi connectivity index (χ3v) is 3.35. The molecular weight excluding hydrogens is 259 g/mol. The standard InChI is InChI=1S/C9H8ClFO4S/c1-16(14,15)9-6(10)2-5(3-7(9)11)4-8(12)13/h2-3H,4H2,1H3,(H,12,13). The molecule has 0 spiro atoms. The van der Waals surface area contributed by atoms with Crippen molar-refractivity contribution in [2.24, 2.45) is 0 Å². The number of rotatable bonds is 3. The van der Waals surface area contributed by atoms with E-state index < -0.39 is 32.9 Å². The van der Waals surface area contributed by atoms with Gasteiger partial charge in [-0.1, -0.05) is 11.6 Å². The third kappa shape index (κ3) is 2.93. The molecule has 0 aromatic heterocycles. The van der Waals surface area contributed by atoms with Crippen LogP contribution < -0.4 is 0 Å². The molecule has 0 saturated carbocycles. The van der Waals surface area contributed by atoms with E-state index in [9.17, 15) is 17.6 Å². The van der Waals surface area contributed by atoms with Gasteiger partial charge in [-0.05, 0) is 17.7 Å². The van der Waals surface area contributed by atoms with Gasteiger partial charge >= 0.3 is 5.97 Å². The molecule has 0 aliphatic carbocycles. The largest absolute Gasteiger partial charge is 0.481 e. The van der Waals surface area contributed by atoms with Gasteiger partial charge in [0.15, 0.2) is 9.84 Å². The van der Waals surface area contributed by atoms with Crippen molar-refractivity contribution in [3.05, 3.63) is 28.5 Å². The Morgan fingerprint density at radius 2 is 2.06 bits per heavy atom. The molecule has 88 valence electrons. The third-order valence-electron chi connectivity index (χ3n) is 1.78. The average Bonchev–Trinajstić information content (AvgIpc) is 1.96. The first kappa shape index (κ1) is 12.9. The van der Waals surface area contributed by atoms with E-state index in [2.05, 4.69) is 0 Å². The normalized spacial score (nSPS) is 11.4. The lowest BCUT2D eigenvalue weighted by Gasteiger charge is -2.05. The molecule has 1 N–H and O–H groups in total. The van der Waals surface area contributed by atoms with Gasteiger partial charge in [-0.3, -0.25) is 4.79 Å². The first-order valence-electron chi connectivity index (χ1n) is 4.11. The molecule has 0 aliphatic heterocycles. The van der Waals surface area contributed by atoms with E-state index in [4.69, 9.17) is 16.7 Å². The second-order valence-electron chi connectivity index (χ2n) is 3.23. The van der Waals surface area contributed by atoms with E-state index in [0.717, 1.165) is 18.4 Å². The first-order valence-corrected chi connectivity index (χ1v) is 6.38. The van der Waals surface area contributed by atoms with Crippen molar-refractivity contribution in [2.75, 3.05) is 6.26 Å². The van der Waals surface area contributed by atoms with Gasteiger partial charge in [0, 0.05) is 6.26 Å². The summed E-state index contributed by atoms with van der Waals surface area (Å²) in [5, 5.41) is 8.19. The number of sulfone groups is 1. The fourth-order valence-corrected chi connectivity index (χ4v) is 2.72. The number of benzene rings is 1. The zero-order valence-corrected chi connectivity index (χ0v) is 9.77. The van der Waals surface area contributed by atoms with Crippen molar-refractivity contribution in [1.29, 1.82) is 0 Å². The van der Waals surface area contributed by atoms with E-state index in [1.807, 2.05) is 0 Å². The van der Waals surface area contributed by atoms with Gasteiger partial charge in [-0.25, -0.2) is 12.8 Å². The van der Waals surface area contributed by atoms with Crippen molar-refractivity contribution in [2.45, 2.75) is 11.3 Å². The van der Waals surface area contributed by atoms with Gasteiger partial charge in [0.25, 0.3) is 0 Å². The molecule has 1 aromatic rings. The number of carbonyl (C=O) groups is 1. The summed E-state index contributed by atoms with van der Waals surface area (Å²) in [7, 11) is -3.76. The van der Waals surface area contributed by atoms with Crippen LogP contribution in [0.15, 0.2) is 17.0 Å². The van der Waals surface area contributed by atoms with Crippen LogP contribution in [-0.2, 0) is 21.1 Å². The van der Waals surface area contributed by atoms with E-state index in [1.54, 1.807) is 0 Å². The SMILES string of the molecule is CS(=O)(=O)c1c(F)cc(CC(=O)O)cc1Cl. The molecule has 4 nitrogen and oxygen atoms in total. The Morgan fingerprint density at radius 1 is 1.50 bits per heavy atom. The molecule has 0 radical (unpaired) electrons. The van der Waals surface area contributed by atoms with Crippen molar-refractivity contribution in [3.8, 4) is 0 Å². The molecule has 7 heteroatoms. The Bertz CT molecular complexity index is 515. The minimum atomic E-state index is -3.76. The van der Waals surface area contributed by atoms with Gasteiger partial charge in [0.1, 0.15) is 10.7 Å². The first-order chi connectivity index (χ1) is 7.21. The maximum absolute atomic E-state index is 13.4. The van der Waals surface area contributed by atoms with E-state index in [0.29, 0.717) is 0 Å². The van der Waals surface area contributed by atoms with Gasteiger partial charge in [0.05, 0.1) is 11.4 Å². The minimum absolute atomic E-state index is 0.113. The van der Waals surface area contributed by atoms with Crippen LogP contribution in [0.3, 0.4) is 0 Å². The topological polar surface area (TPSA) is 71.4 Å². The van der Waals surface area contributed by atoms with Crippen molar-refractivity contribution < 1.29 is 22.7 Å². The smallest absolute Gasteiger partial charge is 0.307 e. The average molecular weight is 267 g/mol. The van der Waals surface area contributed by atoms with Crippen LogP contribution in [0.4, 0.5) is 4.39 Å². The lowest BCUT2D eigenvalue weighted by molar-refractivity contribution is -0.136. The second kappa shape index (κ2) is 4.39. The fourth-order valence-electron chi connectivity index (χ4n) is 1.24. The second-order valence-corrected chi connectivity index (χ2v) is 5.59. The van der Waals surface area contributed by atoms with Crippen LogP contribution in [0.25, 0.3) is 0 Å². The van der Waals surface area contributed by atoms with E-state index in [1.165, 1.54) is 0 Å². The molecule has 0 fully saturated rings. The highest BCUT2D eigenvalue weighted by atomic mass is 35.5.